The van der Waals surface area contributed by atoms with Gasteiger partial charge >= 0.3 is 17.9 Å². The number of hydrogen-bond donors (Lipinski definition) is 1. The topological polar surface area (TPSA) is 99.1 Å². The van der Waals surface area contributed by atoms with E-state index in [4.69, 9.17) is 14.2 Å². The van der Waals surface area contributed by atoms with Crippen LogP contribution in [-0.2, 0) is 28.6 Å². The smallest absolute Gasteiger partial charge is 0.362 e. The van der Waals surface area contributed by atoms with Crippen molar-refractivity contribution < 1.29 is 38.2 Å². The number of nitrogens with zero attached hydrogens (tertiary/aromatic N) is 1. The molecule has 0 aliphatic carbocycles. The van der Waals surface area contributed by atoms with Crippen molar-refractivity contribution in [1.29, 1.82) is 0 Å². The van der Waals surface area contributed by atoms with E-state index in [1.807, 2.05) is 21.1 Å². The maximum Gasteiger partial charge on any atom is 0.362 e. The molecule has 8 heteroatoms. The number of unbranched alkanes of at least 4 members (excludes halogenated alkanes) is 38. The molecule has 0 saturated carbocycles. The number of rotatable bonds is 52. The lowest BCUT2D eigenvalue weighted by Gasteiger charge is -2.31. The number of hydrogen-bond acceptors (Lipinski definition) is 6. The maximum absolute atomic E-state index is 12.8. The van der Waals surface area contributed by atoms with Crippen LogP contribution in [0.4, 0.5) is 0 Å². The van der Waals surface area contributed by atoms with Crippen molar-refractivity contribution >= 4 is 17.9 Å². The van der Waals surface area contributed by atoms with Crippen LogP contribution < -0.4 is 0 Å². The molecule has 380 valence electrons. The van der Waals surface area contributed by atoms with Crippen LogP contribution in [0.25, 0.3) is 0 Å². The molecular formula is C56H110NO7+. The summed E-state index contributed by atoms with van der Waals surface area (Å²) in [4.78, 5) is 37.2. The fraction of sp³-hybridized carbons (Fsp3) is 0.946. The van der Waals surface area contributed by atoms with E-state index in [9.17, 15) is 19.5 Å². The van der Waals surface area contributed by atoms with Gasteiger partial charge in [-0.25, -0.2) is 4.79 Å². The molecule has 2 atom stereocenters. The molecule has 8 nitrogen and oxygen atoms in total. The molecule has 2 unspecified atom stereocenters. The van der Waals surface area contributed by atoms with Crippen molar-refractivity contribution in [2.75, 3.05) is 41.0 Å². The highest BCUT2D eigenvalue weighted by molar-refractivity contribution is 5.72. The second kappa shape index (κ2) is 47.8. The van der Waals surface area contributed by atoms with E-state index in [0.29, 0.717) is 19.3 Å². The van der Waals surface area contributed by atoms with Crippen LogP contribution in [-0.4, -0.2) is 80.6 Å². The Bertz CT molecular complexity index is 1010. The number of carboxylic acids is 1. The number of carbonyl (C=O) groups is 3. The molecule has 0 spiro atoms. The summed E-state index contributed by atoms with van der Waals surface area (Å²) in [5.74, 6) is -1.43. The van der Waals surface area contributed by atoms with E-state index < -0.39 is 18.1 Å². The molecule has 0 heterocycles. The van der Waals surface area contributed by atoms with Crippen LogP contribution in [0.2, 0.25) is 0 Å². The van der Waals surface area contributed by atoms with Gasteiger partial charge in [0.05, 0.1) is 34.4 Å². The zero-order valence-corrected chi connectivity index (χ0v) is 43.5. The highest BCUT2D eigenvalue weighted by Gasteiger charge is 2.31. The molecule has 0 aromatic carbocycles. The Kier molecular flexibility index (Phi) is 46.6. The number of carboxylic acid groups (broad SMARTS) is 1. The summed E-state index contributed by atoms with van der Waals surface area (Å²) in [6, 6.07) is -0.609. The van der Waals surface area contributed by atoms with Gasteiger partial charge in [-0.3, -0.25) is 9.59 Å². The van der Waals surface area contributed by atoms with Crippen molar-refractivity contribution in [3.63, 3.8) is 0 Å². The maximum atomic E-state index is 12.8. The zero-order chi connectivity index (χ0) is 47.0. The SMILES string of the molecule is CCCCCCCCCCCCCCCCCCCCCCCCCC(=O)OCC(COCCC(C(=O)O)[N+](C)(C)C)OC(=O)CCCCCCCCCCCCCCCCCCC. The Morgan fingerprint density at radius 1 is 0.406 bits per heavy atom. The fourth-order valence-corrected chi connectivity index (χ4v) is 8.92. The number of likely N-dealkylation sites (N-methyl/N-ethyl adjacent to an activating group) is 1. The Labute approximate surface area is 397 Å². The summed E-state index contributed by atoms with van der Waals surface area (Å²) >= 11 is 0. The first-order chi connectivity index (χ1) is 31.1. The van der Waals surface area contributed by atoms with Crippen LogP contribution in [0.3, 0.4) is 0 Å². The number of ether oxygens (including phenoxy) is 3. The molecule has 0 saturated heterocycles. The summed E-state index contributed by atoms with van der Waals surface area (Å²) < 4.78 is 17.4. The van der Waals surface area contributed by atoms with Gasteiger partial charge in [-0.2, -0.15) is 0 Å². The molecule has 64 heavy (non-hydrogen) atoms. The average Bonchev–Trinajstić information content (AvgIpc) is 3.26. The quantitative estimate of drug-likeness (QED) is 0.0369. The van der Waals surface area contributed by atoms with Crippen LogP contribution in [0.1, 0.15) is 290 Å². The minimum atomic E-state index is -0.868. The summed E-state index contributed by atoms with van der Waals surface area (Å²) in [5, 5.41) is 9.67. The van der Waals surface area contributed by atoms with Crippen molar-refractivity contribution in [3.05, 3.63) is 0 Å². The van der Waals surface area contributed by atoms with Crippen molar-refractivity contribution in [2.24, 2.45) is 0 Å². The summed E-state index contributed by atoms with van der Waals surface area (Å²) in [6.45, 7) is 4.81. The van der Waals surface area contributed by atoms with Crippen molar-refractivity contribution in [1.82, 2.24) is 0 Å². The average molecular weight is 909 g/mol. The van der Waals surface area contributed by atoms with Gasteiger partial charge in [0.15, 0.2) is 12.1 Å². The Morgan fingerprint density at radius 3 is 0.969 bits per heavy atom. The Hall–Kier alpha value is -1.67. The molecular weight excluding hydrogens is 799 g/mol. The minimum absolute atomic E-state index is 0.0410. The second-order valence-electron chi connectivity index (χ2n) is 20.6. The minimum Gasteiger partial charge on any atom is -0.477 e. The Morgan fingerprint density at radius 2 is 0.688 bits per heavy atom. The van der Waals surface area contributed by atoms with E-state index in [-0.39, 0.29) is 36.2 Å². The summed E-state index contributed by atoms with van der Waals surface area (Å²) in [7, 11) is 5.56. The van der Waals surface area contributed by atoms with Gasteiger partial charge in [0.2, 0.25) is 0 Å². The van der Waals surface area contributed by atoms with E-state index in [2.05, 4.69) is 13.8 Å². The highest BCUT2D eigenvalue weighted by Crippen LogP contribution is 2.18. The molecule has 0 radical (unpaired) electrons. The van der Waals surface area contributed by atoms with Gasteiger partial charge in [-0.15, -0.1) is 0 Å². The first-order valence-electron chi connectivity index (χ1n) is 28.1. The summed E-state index contributed by atoms with van der Waals surface area (Å²) in [5.41, 5.74) is 0. The largest absolute Gasteiger partial charge is 0.477 e. The Balaban J connectivity index is 4.10. The highest BCUT2D eigenvalue weighted by atomic mass is 16.6. The molecule has 0 rings (SSSR count). The van der Waals surface area contributed by atoms with Gasteiger partial charge in [-0.05, 0) is 12.8 Å². The van der Waals surface area contributed by atoms with Crippen molar-refractivity contribution in [3.8, 4) is 0 Å². The number of aliphatic carboxylic acids is 1. The first kappa shape index (κ1) is 62.3. The molecule has 0 bridgehead atoms. The summed E-state index contributed by atoms with van der Waals surface area (Å²) in [6.07, 6.45) is 53.0. The number of carbonyl (C=O) groups excluding carboxylic acids is 2. The van der Waals surface area contributed by atoms with E-state index in [1.165, 1.54) is 218 Å². The molecule has 0 amide bonds. The van der Waals surface area contributed by atoms with Gasteiger partial charge in [-0.1, -0.05) is 258 Å². The third kappa shape index (κ3) is 45.5. The van der Waals surface area contributed by atoms with E-state index >= 15 is 0 Å². The molecule has 0 aliphatic heterocycles. The van der Waals surface area contributed by atoms with Gasteiger partial charge in [0.1, 0.15) is 6.61 Å². The lowest BCUT2D eigenvalue weighted by molar-refractivity contribution is -0.887. The predicted molar refractivity (Wildman–Crippen MR) is 271 cm³/mol. The van der Waals surface area contributed by atoms with Gasteiger partial charge < -0.3 is 23.8 Å². The van der Waals surface area contributed by atoms with Gasteiger partial charge in [0, 0.05) is 19.3 Å². The van der Waals surface area contributed by atoms with Gasteiger partial charge in [0.25, 0.3) is 0 Å². The third-order valence-electron chi connectivity index (χ3n) is 13.3. The molecule has 0 aromatic rings. The van der Waals surface area contributed by atoms with Crippen LogP contribution in [0.5, 0.6) is 0 Å². The van der Waals surface area contributed by atoms with E-state index in [1.54, 1.807) is 0 Å². The molecule has 0 aliphatic rings. The first-order valence-corrected chi connectivity index (χ1v) is 28.1. The van der Waals surface area contributed by atoms with E-state index in [0.717, 1.165) is 38.5 Å². The lowest BCUT2D eigenvalue weighted by Crippen LogP contribution is -2.50. The zero-order valence-electron chi connectivity index (χ0n) is 43.5. The predicted octanol–water partition coefficient (Wildman–Crippen LogP) is 16.4. The van der Waals surface area contributed by atoms with Crippen LogP contribution in [0.15, 0.2) is 0 Å². The lowest BCUT2D eigenvalue weighted by atomic mass is 10.0. The second-order valence-corrected chi connectivity index (χ2v) is 20.6. The molecule has 0 fully saturated rings. The fourth-order valence-electron chi connectivity index (χ4n) is 8.92. The normalized spacial score (nSPS) is 12.7. The molecule has 0 aromatic heterocycles. The number of quaternary nitrogens is 1. The van der Waals surface area contributed by atoms with Crippen LogP contribution >= 0.6 is 0 Å². The monoisotopic (exact) mass is 909 g/mol. The van der Waals surface area contributed by atoms with Crippen molar-refractivity contribution in [2.45, 2.75) is 302 Å². The standard InChI is InChI=1S/C56H109NO7/c1-6-8-10-12-14-16-18-20-22-24-25-26-27-28-29-31-32-34-36-38-40-42-44-46-54(58)63-51-52(50-62-49-48-53(56(60)61)57(3,4)5)64-55(59)47-45-43-41-39-37-35-33-30-23-21-19-17-15-13-11-9-7-2/h52-53H,6-51H2,1-5H3/p+1. The van der Waals surface area contributed by atoms with Crippen LogP contribution in [0, 0.1) is 0 Å². The number of esters is 2. The third-order valence-corrected chi connectivity index (χ3v) is 13.3. The molecule has 1 N–H and O–H groups in total.